The van der Waals surface area contributed by atoms with E-state index in [2.05, 4.69) is 0 Å². The van der Waals surface area contributed by atoms with E-state index in [1.165, 1.54) is 0 Å². The van der Waals surface area contributed by atoms with E-state index in [-0.39, 0.29) is 0 Å². The van der Waals surface area contributed by atoms with Gasteiger partial charge in [-0.05, 0) is 0 Å². The van der Waals surface area contributed by atoms with Crippen molar-refractivity contribution in [3.05, 3.63) is 0 Å². The van der Waals surface area contributed by atoms with E-state index in [4.69, 9.17) is 0 Å². The van der Waals surface area contributed by atoms with Crippen LogP contribution in [-0.2, 0) is 0 Å². The Morgan fingerprint density at radius 3 is 1.33 bits per heavy atom. The Balaban J connectivity index is 0. The van der Waals surface area contributed by atoms with Crippen LogP contribution in [0.2, 0.25) is 0 Å². The molecule has 18 heavy (non-hydrogen) atoms. The van der Waals surface area contributed by atoms with Crippen molar-refractivity contribution in [1.82, 2.24) is 0 Å². The minimum atomic E-state index is -4.59. The van der Waals surface area contributed by atoms with Crippen LogP contribution in [0, 0.1) is 0 Å². The zero-order chi connectivity index (χ0) is 15.0. The average molecular weight is 296 g/mol. The average Bonchev–Trinajstić information content (AvgIpc) is 2.12. The lowest BCUT2D eigenvalue weighted by Gasteiger charge is -2.06. The number of rotatable bonds is 4. The van der Waals surface area contributed by atoms with Crippen molar-refractivity contribution in [3.63, 3.8) is 0 Å². The molecule has 0 saturated carbocycles. The molecule has 0 aliphatic heterocycles. The molecule has 0 rings (SSSR count). The Morgan fingerprint density at radius 2 is 1.22 bits per heavy atom. The van der Waals surface area contributed by atoms with Crippen LogP contribution in [0.3, 0.4) is 0 Å². The van der Waals surface area contributed by atoms with Gasteiger partial charge in [0.2, 0.25) is 6.43 Å². The van der Waals surface area contributed by atoms with Crippen molar-refractivity contribution < 1.29 is 43.9 Å². The molecule has 0 heterocycles. The Morgan fingerprint density at radius 1 is 0.778 bits per heavy atom. The summed E-state index contributed by atoms with van der Waals surface area (Å²) < 4.78 is 111. The molecule has 0 spiro atoms. The summed E-state index contributed by atoms with van der Waals surface area (Å²) >= 11 is 0. The van der Waals surface area contributed by atoms with Crippen LogP contribution in [0.15, 0.2) is 0 Å². The normalized spacial score (nSPS) is 14.2. The van der Waals surface area contributed by atoms with Gasteiger partial charge in [0, 0.05) is 12.8 Å². The third-order valence-electron chi connectivity index (χ3n) is 1.27. The highest BCUT2D eigenvalue weighted by Crippen LogP contribution is 2.23. The molecule has 10 heteroatoms. The SMILES string of the molecule is FC(F)CCC(F)(F)F.FCC(F)CC(F)(F)F. The lowest BCUT2D eigenvalue weighted by molar-refractivity contribution is -0.147. The van der Waals surface area contributed by atoms with Gasteiger partial charge in [-0.2, -0.15) is 26.3 Å². The van der Waals surface area contributed by atoms with E-state index >= 15 is 0 Å². The van der Waals surface area contributed by atoms with E-state index < -0.39 is 50.9 Å². The van der Waals surface area contributed by atoms with E-state index in [1.54, 1.807) is 0 Å². The molecule has 0 N–H and O–H groups in total. The second-order valence-electron chi connectivity index (χ2n) is 3.12. The van der Waals surface area contributed by atoms with Gasteiger partial charge < -0.3 is 0 Å². The Hall–Kier alpha value is -0.700. The Kier molecular flexibility index (Phi) is 9.17. The second-order valence-corrected chi connectivity index (χ2v) is 3.12. The van der Waals surface area contributed by atoms with Crippen molar-refractivity contribution in [2.24, 2.45) is 0 Å². The summed E-state index contributed by atoms with van der Waals surface area (Å²) in [6.45, 7) is -1.57. The second kappa shape index (κ2) is 8.41. The zero-order valence-corrected chi connectivity index (χ0v) is 8.76. The molecule has 0 nitrogen and oxygen atoms in total. The summed E-state index contributed by atoms with van der Waals surface area (Å²) in [4.78, 5) is 0. The van der Waals surface area contributed by atoms with Crippen LogP contribution in [0.4, 0.5) is 43.9 Å². The van der Waals surface area contributed by atoms with Gasteiger partial charge in [0.05, 0.1) is 6.42 Å². The first-order valence-corrected chi connectivity index (χ1v) is 4.49. The van der Waals surface area contributed by atoms with Gasteiger partial charge in [-0.25, -0.2) is 17.6 Å². The minimum Gasteiger partial charge on any atom is -0.248 e. The molecular weight excluding hydrogens is 286 g/mol. The molecule has 0 fully saturated rings. The predicted octanol–water partition coefficient (Wildman–Crippen LogP) is 4.84. The van der Waals surface area contributed by atoms with Crippen LogP contribution < -0.4 is 0 Å². The predicted molar refractivity (Wildman–Crippen MR) is 42.8 cm³/mol. The highest BCUT2D eigenvalue weighted by Gasteiger charge is 2.31. The summed E-state index contributed by atoms with van der Waals surface area (Å²) in [6.07, 6.45) is -18.5. The minimum absolute atomic E-state index is 1.09. The quantitative estimate of drug-likeness (QED) is 0.651. The standard InChI is InChI=1S/2C4H5F5/c5-2-3(6)1-4(7,8)9;5-3(6)1-2-4(7,8)9/h2*3H,1-2H2. The first-order valence-electron chi connectivity index (χ1n) is 4.49. The first kappa shape index (κ1) is 19.6. The Labute approximate surface area is 96.0 Å². The van der Waals surface area contributed by atoms with Crippen molar-refractivity contribution in [3.8, 4) is 0 Å². The number of alkyl halides is 10. The van der Waals surface area contributed by atoms with Gasteiger partial charge in [0.15, 0.2) is 0 Å². The third kappa shape index (κ3) is 20.7. The van der Waals surface area contributed by atoms with E-state index in [9.17, 15) is 43.9 Å². The van der Waals surface area contributed by atoms with Gasteiger partial charge in [0.1, 0.15) is 12.8 Å². The molecule has 0 aliphatic carbocycles. The third-order valence-corrected chi connectivity index (χ3v) is 1.27. The smallest absolute Gasteiger partial charge is 0.248 e. The van der Waals surface area contributed by atoms with Gasteiger partial charge in [-0.1, -0.05) is 0 Å². The molecule has 0 aromatic heterocycles. The maximum atomic E-state index is 11.5. The van der Waals surface area contributed by atoms with Crippen LogP contribution >= 0.6 is 0 Å². The van der Waals surface area contributed by atoms with Crippen molar-refractivity contribution in [2.75, 3.05) is 6.67 Å². The lowest BCUT2D eigenvalue weighted by Crippen LogP contribution is -2.17. The molecule has 112 valence electrons. The molecular formula is C8H10F10. The number of hydrogen-bond donors (Lipinski definition) is 0. The van der Waals surface area contributed by atoms with Crippen molar-refractivity contribution >= 4 is 0 Å². The summed E-state index contributed by atoms with van der Waals surface area (Å²) in [5.74, 6) is 0. The summed E-state index contributed by atoms with van der Waals surface area (Å²) in [6, 6.07) is 0. The molecule has 0 amide bonds. The highest BCUT2D eigenvalue weighted by atomic mass is 19.4. The van der Waals surface area contributed by atoms with Gasteiger partial charge in [-0.15, -0.1) is 0 Å². The summed E-state index contributed by atoms with van der Waals surface area (Å²) in [5, 5.41) is 0. The molecule has 0 aliphatic rings. The molecule has 0 saturated heterocycles. The first-order chi connectivity index (χ1) is 7.87. The van der Waals surface area contributed by atoms with Crippen molar-refractivity contribution in [2.45, 2.75) is 44.2 Å². The topological polar surface area (TPSA) is 0 Å². The monoisotopic (exact) mass is 296 g/mol. The van der Waals surface area contributed by atoms with Gasteiger partial charge >= 0.3 is 12.4 Å². The van der Waals surface area contributed by atoms with E-state index in [0.717, 1.165) is 0 Å². The number of halogens is 10. The molecule has 1 unspecified atom stereocenters. The molecule has 1 atom stereocenters. The molecule has 0 radical (unpaired) electrons. The zero-order valence-electron chi connectivity index (χ0n) is 8.76. The number of hydrogen-bond acceptors (Lipinski definition) is 0. The highest BCUT2D eigenvalue weighted by molar-refractivity contribution is 4.59. The molecule has 0 aromatic carbocycles. The van der Waals surface area contributed by atoms with Gasteiger partial charge in [0.25, 0.3) is 0 Å². The largest absolute Gasteiger partial charge is 0.391 e. The summed E-state index contributed by atoms with van der Waals surface area (Å²) in [7, 11) is 0. The fourth-order valence-electron chi connectivity index (χ4n) is 0.578. The van der Waals surface area contributed by atoms with Crippen LogP contribution in [0.25, 0.3) is 0 Å². The Bertz CT molecular complexity index is 193. The molecule has 0 bridgehead atoms. The van der Waals surface area contributed by atoms with Crippen LogP contribution in [0.1, 0.15) is 19.3 Å². The van der Waals surface area contributed by atoms with Crippen LogP contribution in [0.5, 0.6) is 0 Å². The van der Waals surface area contributed by atoms with E-state index in [1.807, 2.05) is 0 Å². The maximum absolute atomic E-state index is 11.5. The van der Waals surface area contributed by atoms with E-state index in [0.29, 0.717) is 0 Å². The van der Waals surface area contributed by atoms with Crippen molar-refractivity contribution in [1.29, 1.82) is 0 Å². The molecule has 0 aromatic rings. The maximum Gasteiger partial charge on any atom is 0.391 e. The fourth-order valence-corrected chi connectivity index (χ4v) is 0.578. The van der Waals surface area contributed by atoms with Gasteiger partial charge in [-0.3, -0.25) is 0 Å². The summed E-state index contributed by atoms with van der Waals surface area (Å²) in [5.41, 5.74) is 0. The fraction of sp³-hybridized carbons (Fsp3) is 1.00. The van der Waals surface area contributed by atoms with Crippen LogP contribution in [-0.4, -0.2) is 31.6 Å². The lowest BCUT2D eigenvalue weighted by atomic mass is 10.3.